The van der Waals surface area contributed by atoms with Gasteiger partial charge in [0.2, 0.25) is 0 Å². The minimum atomic E-state index is -0.315. The lowest BCUT2D eigenvalue weighted by atomic mass is 10.2. The van der Waals surface area contributed by atoms with Crippen LogP contribution in [0.1, 0.15) is 5.56 Å². The van der Waals surface area contributed by atoms with Gasteiger partial charge in [0, 0.05) is 25.7 Å². The van der Waals surface area contributed by atoms with E-state index in [2.05, 4.69) is 9.88 Å². The molecule has 88 valence electrons. The Morgan fingerprint density at radius 3 is 2.62 bits per heavy atom. The van der Waals surface area contributed by atoms with Crippen molar-refractivity contribution in [2.24, 2.45) is 7.05 Å². The van der Waals surface area contributed by atoms with Crippen molar-refractivity contribution in [2.75, 3.05) is 36.9 Å². The fourth-order valence-corrected chi connectivity index (χ4v) is 1.94. The largest absolute Gasteiger partial charge is 0.383 e. The molecule has 0 unspecified atom stereocenters. The Bertz CT molecular complexity index is 449. The van der Waals surface area contributed by atoms with Gasteiger partial charge in [-0.05, 0) is 6.92 Å². The van der Waals surface area contributed by atoms with Crippen LogP contribution in [0, 0.1) is 6.92 Å². The Balaban J connectivity index is 2.49. The zero-order valence-corrected chi connectivity index (χ0v) is 9.56. The molecule has 16 heavy (non-hydrogen) atoms. The Morgan fingerprint density at radius 1 is 1.38 bits per heavy atom. The lowest BCUT2D eigenvalue weighted by Crippen LogP contribution is -2.40. The van der Waals surface area contributed by atoms with E-state index in [4.69, 9.17) is 10.5 Å². The second-order valence-electron chi connectivity index (χ2n) is 3.89. The minimum absolute atomic E-state index is 0.310. The van der Waals surface area contributed by atoms with Crippen molar-refractivity contribution in [3.8, 4) is 0 Å². The molecule has 0 aliphatic carbocycles. The first-order valence-electron chi connectivity index (χ1n) is 5.27. The third kappa shape index (κ3) is 1.76. The van der Waals surface area contributed by atoms with Crippen LogP contribution in [0.4, 0.5) is 11.6 Å². The van der Waals surface area contributed by atoms with Gasteiger partial charge in [-0.2, -0.15) is 4.98 Å². The average molecular weight is 224 g/mol. The van der Waals surface area contributed by atoms with Crippen molar-refractivity contribution in [3.05, 3.63) is 16.0 Å². The molecular weight excluding hydrogens is 208 g/mol. The van der Waals surface area contributed by atoms with E-state index in [1.54, 1.807) is 7.05 Å². The summed E-state index contributed by atoms with van der Waals surface area (Å²) in [6, 6.07) is 0. The first-order valence-corrected chi connectivity index (χ1v) is 5.27. The van der Waals surface area contributed by atoms with Crippen molar-refractivity contribution in [1.82, 2.24) is 9.55 Å². The van der Waals surface area contributed by atoms with Gasteiger partial charge in [0.05, 0.1) is 13.2 Å². The standard InChI is InChI=1S/C10H16N4O2/c1-7-8(11)12-10(15)13(2)9(7)14-3-5-16-6-4-14/h3-6H2,1-2H3,(H2,11,12,15). The third-order valence-electron chi connectivity index (χ3n) is 2.85. The molecule has 1 saturated heterocycles. The first kappa shape index (κ1) is 10.9. The smallest absolute Gasteiger partial charge is 0.350 e. The van der Waals surface area contributed by atoms with Crippen molar-refractivity contribution in [1.29, 1.82) is 0 Å². The molecule has 1 aliphatic rings. The van der Waals surface area contributed by atoms with Crippen molar-refractivity contribution >= 4 is 11.6 Å². The van der Waals surface area contributed by atoms with Crippen molar-refractivity contribution in [3.63, 3.8) is 0 Å². The molecule has 0 radical (unpaired) electrons. The zero-order chi connectivity index (χ0) is 11.7. The molecule has 0 aromatic carbocycles. The second-order valence-corrected chi connectivity index (χ2v) is 3.89. The summed E-state index contributed by atoms with van der Waals surface area (Å²) in [5.74, 6) is 1.16. The lowest BCUT2D eigenvalue weighted by molar-refractivity contribution is 0.122. The number of aromatic nitrogens is 2. The van der Waals surface area contributed by atoms with Crippen LogP contribution >= 0.6 is 0 Å². The van der Waals surface area contributed by atoms with E-state index in [1.807, 2.05) is 6.92 Å². The maximum Gasteiger partial charge on any atom is 0.350 e. The summed E-state index contributed by atoms with van der Waals surface area (Å²) < 4.78 is 6.82. The van der Waals surface area contributed by atoms with Gasteiger partial charge in [0.15, 0.2) is 0 Å². The summed E-state index contributed by atoms with van der Waals surface area (Å²) in [6.07, 6.45) is 0. The highest BCUT2D eigenvalue weighted by molar-refractivity contribution is 5.56. The lowest BCUT2D eigenvalue weighted by Gasteiger charge is -2.31. The molecule has 0 amide bonds. The molecule has 6 heteroatoms. The summed E-state index contributed by atoms with van der Waals surface area (Å²) >= 11 is 0. The molecule has 1 aromatic heterocycles. The number of morpholine rings is 1. The van der Waals surface area contributed by atoms with Gasteiger partial charge in [-0.1, -0.05) is 0 Å². The van der Waals surface area contributed by atoms with Gasteiger partial charge >= 0.3 is 5.69 Å². The highest BCUT2D eigenvalue weighted by Gasteiger charge is 2.18. The normalized spacial score (nSPS) is 16.5. The molecule has 0 saturated carbocycles. The van der Waals surface area contributed by atoms with Crippen molar-refractivity contribution in [2.45, 2.75) is 6.92 Å². The minimum Gasteiger partial charge on any atom is -0.383 e. The van der Waals surface area contributed by atoms with E-state index < -0.39 is 0 Å². The van der Waals surface area contributed by atoms with E-state index in [0.29, 0.717) is 19.0 Å². The molecular formula is C10H16N4O2. The average Bonchev–Trinajstić information content (AvgIpc) is 2.28. The van der Waals surface area contributed by atoms with Gasteiger partial charge in [0.1, 0.15) is 11.6 Å². The first-order chi connectivity index (χ1) is 7.61. The van der Waals surface area contributed by atoms with Gasteiger partial charge in [-0.3, -0.25) is 4.57 Å². The molecule has 1 aliphatic heterocycles. The number of ether oxygens (including phenoxy) is 1. The van der Waals surface area contributed by atoms with E-state index >= 15 is 0 Å². The Morgan fingerprint density at radius 2 is 2.00 bits per heavy atom. The summed E-state index contributed by atoms with van der Waals surface area (Å²) in [5, 5.41) is 0. The molecule has 6 nitrogen and oxygen atoms in total. The van der Waals surface area contributed by atoms with E-state index in [9.17, 15) is 4.79 Å². The summed E-state index contributed by atoms with van der Waals surface area (Å²) in [5.41, 5.74) is 6.25. The Kier molecular flexibility index (Phi) is 2.82. The van der Waals surface area contributed by atoms with Gasteiger partial charge in [0.25, 0.3) is 0 Å². The van der Waals surface area contributed by atoms with Crippen molar-refractivity contribution < 1.29 is 4.74 Å². The van der Waals surface area contributed by atoms with E-state index in [0.717, 1.165) is 24.5 Å². The predicted octanol–water partition coefficient (Wildman–Crippen LogP) is -0.492. The van der Waals surface area contributed by atoms with E-state index in [-0.39, 0.29) is 5.69 Å². The summed E-state index contributed by atoms with van der Waals surface area (Å²) in [7, 11) is 1.71. The number of nitrogens with zero attached hydrogens (tertiary/aromatic N) is 3. The SMILES string of the molecule is Cc1c(N)nc(=O)n(C)c1N1CCOCC1. The zero-order valence-electron chi connectivity index (χ0n) is 9.56. The van der Waals surface area contributed by atoms with Crippen LogP contribution in [0.2, 0.25) is 0 Å². The van der Waals surface area contributed by atoms with Gasteiger partial charge < -0.3 is 15.4 Å². The van der Waals surface area contributed by atoms with Crippen LogP contribution in [-0.2, 0) is 11.8 Å². The molecule has 2 rings (SSSR count). The Labute approximate surface area is 93.6 Å². The molecule has 0 spiro atoms. The predicted molar refractivity (Wildman–Crippen MR) is 61.7 cm³/mol. The van der Waals surface area contributed by atoms with Crippen LogP contribution in [0.25, 0.3) is 0 Å². The number of hydrogen-bond acceptors (Lipinski definition) is 5. The van der Waals surface area contributed by atoms with Gasteiger partial charge in [-0.15, -0.1) is 0 Å². The highest BCUT2D eigenvalue weighted by atomic mass is 16.5. The number of nitrogen functional groups attached to an aromatic ring is 1. The highest BCUT2D eigenvalue weighted by Crippen LogP contribution is 2.21. The van der Waals surface area contributed by atoms with Gasteiger partial charge in [-0.25, -0.2) is 4.79 Å². The molecule has 0 atom stereocenters. The summed E-state index contributed by atoms with van der Waals surface area (Å²) in [4.78, 5) is 17.4. The monoisotopic (exact) mass is 224 g/mol. The molecule has 1 fully saturated rings. The number of nitrogens with two attached hydrogens (primary N) is 1. The number of hydrogen-bond donors (Lipinski definition) is 1. The molecule has 2 N–H and O–H groups in total. The number of anilines is 2. The van der Waals surface area contributed by atoms with Crippen LogP contribution in [0.5, 0.6) is 0 Å². The summed E-state index contributed by atoms with van der Waals surface area (Å²) in [6.45, 7) is 4.79. The van der Waals surface area contributed by atoms with Crippen LogP contribution in [-0.4, -0.2) is 35.9 Å². The van der Waals surface area contributed by atoms with E-state index in [1.165, 1.54) is 4.57 Å². The molecule has 2 heterocycles. The fourth-order valence-electron chi connectivity index (χ4n) is 1.94. The maximum absolute atomic E-state index is 11.6. The van der Waals surface area contributed by atoms with Crippen LogP contribution < -0.4 is 16.3 Å². The molecule has 1 aromatic rings. The number of rotatable bonds is 1. The van der Waals surface area contributed by atoms with Crippen LogP contribution in [0.15, 0.2) is 4.79 Å². The third-order valence-corrected chi connectivity index (χ3v) is 2.85. The topological polar surface area (TPSA) is 73.4 Å². The quantitative estimate of drug-likeness (QED) is 0.696. The van der Waals surface area contributed by atoms with Crippen LogP contribution in [0.3, 0.4) is 0 Å². The second kappa shape index (κ2) is 4.13. The Hall–Kier alpha value is -1.56. The molecule has 0 bridgehead atoms. The fraction of sp³-hybridized carbons (Fsp3) is 0.600. The maximum atomic E-state index is 11.6.